The van der Waals surface area contributed by atoms with E-state index in [1.165, 1.54) is 0 Å². The average Bonchev–Trinajstić information content (AvgIpc) is 3.49. The SMILES string of the molecule is NCCn1c(C(=O)NCCCN2CCCC2=O)c(C(c2ccccc2)c2ccccc2)c2ccccc21. The fraction of sp³-hybridized carbons (Fsp3) is 0.290. The number of hydrogen-bond donors (Lipinski definition) is 2. The van der Waals surface area contributed by atoms with Gasteiger partial charge in [0.15, 0.2) is 0 Å². The summed E-state index contributed by atoms with van der Waals surface area (Å²) in [5, 5.41) is 4.21. The molecule has 0 saturated carbocycles. The molecule has 2 heterocycles. The van der Waals surface area contributed by atoms with Gasteiger partial charge < -0.3 is 20.5 Å². The lowest BCUT2D eigenvalue weighted by Crippen LogP contribution is -2.32. The van der Waals surface area contributed by atoms with Crippen molar-refractivity contribution in [2.45, 2.75) is 31.7 Å². The zero-order chi connectivity index (χ0) is 25.6. The van der Waals surface area contributed by atoms with E-state index in [2.05, 4.69) is 46.3 Å². The molecule has 3 aromatic carbocycles. The molecule has 37 heavy (non-hydrogen) atoms. The molecule has 6 heteroatoms. The summed E-state index contributed by atoms with van der Waals surface area (Å²) in [7, 11) is 0. The molecule has 0 aliphatic carbocycles. The van der Waals surface area contributed by atoms with Crippen LogP contribution in [0.5, 0.6) is 0 Å². The van der Waals surface area contributed by atoms with Crippen molar-refractivity contribution in [1.82, 2.24) is 14.8 Å². The van der Waals surface area contributed by atoms with E-state index >= 15 is 0 Å². The Balaban J connectivity index is 1.56. The summed E-state index contributed by atoms with van der Waals surface area (Å²) in [5.41, 5.74) is 11.0. The van der Waals surface area contributed by atoms with Gasteiger partial charge in [0.05, 0.1) is 0 Å². The van der Waals surface area contributed by atoms with Gasteiger partial charge in [0.25, 0.3) is 5.91 Å². The van der Waals surface area contributed by atoms with Crippen LogP contribution in [-0.2, 0) is 11.3 Å². The van der Waals surface area contributed by atoms with Gasteiger partial charge in [-0.2, -0.15) is 0 Å². The van der Waals surface area contributed by atoms with E-state index in [1.807, 2.05) is 53.4 Å². The van der Waals surface area contributed by atoms with Crippen LogP contribution in [0.4, 0.5) is 0 Å². The number of hydrogen-bond acceptors (Lipinski definition) is 3. The predicted molar refractivity (Wildman–Crippen MR) is 148 cm³/mol. The smallest absolute Gasteiger partial charge is 0.268 e. The minimum atomic E-state index is -0.116. The van der Waals surface area contributed by atoms with Gasteiger partial charge in [-0.05, 0) is 30.0 Å². The van der Waals surface area contributed by atoms with Crippen LogP contribution in [0.15, 0.2) is 84.9 Å². The zero-order valence-corrected chi connectivity index (χ0v) is 21.1. The Kier molecular flexibility index (Phi) is 7.66. The molecule has 1 fully saturated rings. The first kappa shape index (κ1) is 24.8. The van der Waals surface area contributed by atoms with Crippen LogP contribution in [0, 0.1) is 0 Å². The lowest BCUT2D eigenvalue weighted by Gasteiger charge is -2.21. The maximum Gasteiger partial charge on any atom is 0.268 e. The highest BCUT2D eigenvalue weighted by molar-refractivity contribution is 6.02. The monoisotopic (exact) mass is 494 g/mol. The van der Waals surface area contributed by atoms with E-state index in [0.29, 0.717) is 38.3 Å². The molecule has 2 amide bonds. The van der Waals surface area contributed by atoms with Crippen molar-refractivity contribution in [2.24, 2.45) is 5.73 Å². The van der Waals surface area contributed by atoms with Gasteiger partial charge in [0.2, 0.25) is 5.91 Å². The summed E-state index contributed by atoms with van der Waals surface area (Å²) in [4.78, 5) is 27.7. The Labute approximate surface area is 218 Å². The number of aromatic nitrogens is 1. The van der Waals surface area contributed by atoms with Crippen molar-refractivity contribution in [1.29, 1.82) is 0 Å². The van der Waals surface area contributed by atoms with Gasteiger partial charge in [0, 0.05) is 61.5 Å². The van der Waals surface area contributed by atoms with E-state index in [-0.39, 0.29) is 17.7 Å². The summed E-state index contributed by atoms with van der Waals surface area (Å²) >= 11 is 0. The van der Waals surface area contributed by atoms with E-state index in [1.54, 1.807) is 0 Å². The Hall–Kier alpha value is -3.90. The highest BCUT2D eigenvalue weighted by Crippen LogP contribution is 2.40. The molecule has 5 rings (SSSR count). The summed E-state index contributed by atoms with van der Waals surface area (Å²) < 4.78 is 2.07. The number of para-hydroxylation sites is 1. The molecular formula is C31H34N4O2. The molecule has 1 aliphatic heterocycles. The molecule has 1 saturated heterocycles. The fourth-order valence-corrected chi connectivity index (χ4v) is 5.54. The number of nitrogens with zero attached hydrogens (tertiary/aromatic N) is 2. The molecule has 3 N–H and O–H groups in total. The Bertz CT molecular complexity index is 1320. The molecule has 0 atom stereocenters. The molecule has 0 unspecified atom stereocenters. The zero-order valence-electron chi connectivity index (χ0n) is 21.1. The predicted octanol–water partition coefficient (Wildman–Crippen LogP) is 4.52. The number of rotatable bonds is 10. The van der Waals surface area contributed by atoms with Crippen LogP contribution in [0.1, 0.15) is 52.4 Å². The highest BCUT2D eigenvalue weighted by Gasteiger charge is 2.30. The van der Waals surface area contributed by atoms with Crippen LogP contribution in [0.2, 0.25) is 0 Å². The largest absolute Gasteiger partial charge is 0.351 e. The van der Waals surface area contributed by atoms with Gasteiger partial charge in [-0.15, -0.1) is 0 Å². The first-order valence-electron chi connectivity index (χ1n) is 13.2. The third kappa shape index (κ3) is 5.16. The fourth-order valence-electron chi connectivity index (χ4n) is 5.54. The van der Waals surface area contributed by atoms with Crippen LogP contribution >= 0.6 is 0 Å². The number of nitrogens with two attached hydrogens (primary N) is 1. The summed E-state index contributed by atoms with van der Waals surface area (Å²) in [5.74, 6) is -0.0104. The highest BCUT2D eigenvalue weighted by atomic mass is 16.2. The Morgan fingerprint density at radius 1 is 0.892 bits per heavy atom. The summed E-state index contributed by atoms with van der Waals surface area (Å²) in [6, 6.07) is 28.9. The minimum Gasteiger partial charge on any atom is -0.351 e. The van der Waals surface area contributed by atoms with Crippen molar-refractivity contribution in [3.63, 3.8) is 0 Å². The van der Waals surface area contributed by atoms with E-state index < -0.39 is 0 Å². The quantitative estimate of drug-likeness (QED) is 0.318. The number of amides is 2. The molecule has 4 aromatic rings. The maximum absolute atomic E-state index is 13.9. The normalized spacial score (nSPS) is 13.6. The third-order valence-electron chi connectivity index (χ3n) is 7.19. The number of carbonyl (C=O) groups excluding carboxylic acids is 2. The third-order valence-corrected chi connectivity index (χ3v) is 7.19. The van der Waals surface area contributed by atoms with Gasteiger partial charge in [0.1, 0.15) is 5.69 Å². The average molecular weight is 495 g/mol. The van der Waals surface area contributed by atoms with Crippen LogP contribution < -0.4 is 11.1 Å². The number of fused-ring (bicyclic) bond motifs is 1. The van der Waals surface area contributed by atoms with Crippen LogP contribution in [0.25, 0.3) is 10.9 Å². The topological polar surface area (TPSA) is 80.4 Å². The van der Waals surface area contributed by atoms with E-state index in [4.69, 9.17) is 5.73 Å². The summed E-state index contributed by atoms with van der Waals surface area (Å²) in [6.45, 7) is 2.97. The van der Waals surface area contributed by atoms with Gasteiger partial charge in [-0.3, -0.25) is 9.59 Å². The number of carbonyl (C=O) groups is 2. The van der Waals surface area contributed by atoms with Crippen molar-refractivity contribution in [3.8, 4) is 0 Å². The Morgan fingerprint density at radius 3 is 2.16 bits per heavy atom. The van der Waals surface area contributed by atoms with E-state index in [9.17, 15) is 9.59 Å². The van der Waals surface area contributed by atoms with E-state index in [0.717, 1.165) is 47.0 Å². The number of nitrogens with one attached hydrogen (secondary N) is 1. The Morgan fingerprint density at radius 2 is 1.54 bits per heavy atom. The first-order chi connectivity index (χ1) is 18.2. The summed E-state index contributed by atoms with van der Waals surface area (Å²) in [6.07, 6.45) is 2.29. The van der Waals surface area contributed by atoms with Crippen LogP contribution in [0.3, 0.4) is 0 Å². The molecule has 6 nitrogen and oxygen atoms in total. The van der Waals surface area contributed by atoms with Crippen molar-refractivity contribution in [2.75, 3.05) is 26.2 Å². The second kappa shape index (κ2) is 11.4. The lowest BCUT2D eigenvalue weighted by molar-refractivity contribution is -0.127. The van der Waals surface area contributed by atoms with Gasteiger partial charge in [-0.1, -0.05) is 78.9 Å². The molecule has 0 bridgehead atoms. The van der Waals surface area contributed by atoms with Gasteiger partial charge in [-0.25, -0.2) is 0 Å². The molecule has 1 aliphatic rings. The standard InChI is InChI=1S/C31H34N4O2/c32-18-22-35-26-16-8-7-15-25(26)29(28(23-11-3-1-4-12-23)24-13-5-2-6-14-24)30(35)31(37)33-19-10-21-34-20-9-17-27(34)36/h1-8,11-16,28H,9-10,17-22,32H2,(H,33,37). The minimum absolute atomic E-state index is 0.107. The van der Waals surface area contributed by atoms with Crippen molar-refractivity contribution in [3.05, 3.63) is 107 Å². The first-order valence-corrected chi connectivity index (χ1v) is 13.2. The second-order valence-electron chi connectivity index (χ2n) is 9.57. The molecule has 0 radical (unpaired) electrons. The molecular weight excluding hydrogens is 460 g/mol. The van der Waals surface area contributed by atoms with Crippen LogP contribution in [-0.4, -0.2) is 47.5 Å². The molecule has 190 valence electrons. The van der Waals surface area contributed by atoms with Crippen molar-refractivity contribution < 1.29 is 9.59 Å². The number of likely N-dealkylation sites (tertiary alicyclic amines) is 1. The second-order valence-corrected chi connectivity index (χ2v) is 9.57. The molecule has 0 spiro atoms. The van der Waals surface area contributed by atoms with Gasteiger partial charge >= 0.3 is 0 Å². The lowest BCUT2D eigenvalue weighted by atomic mass is 9.83. The molecule has 1 aromatic heterocycles. The maximum atomic E-state index is 13.9. The number of benzene rings is 3. The van der Waals surface area contributed by atoms with Crippen molar-refractivity contribution >= 4 is 22.7 Å².